The molecule has 0 aliphatic heterocycles. The Kier molecular flexibility index (Phi) is 4.52. The summed E-state index contributed by atoms with van der Waals surface area (Å²) in [7, 11) is 0. The SMILES string of the molecule is Cc1ccccc1-c1nc2ccc(NC(=O)Nc3cccc(Cl)c3)cc2o1. The summed E-state index contributed by atoms with van der Waals surface area (Å²) >= 11 is 5.93. The van der Waals surface area contributed by atoms with Crippen molar-refractivity contribution in [1.82, 2.24) is 4.98 Å². The van der Waals surface area contributed by atoms with Crippen LogP contribution in [0.25, 0.3) is 22.6 Å². The molecule has 134 valence electrons. The van der Waals surface area contributed by atoms with Crippen LogP contribution in [0, 0.1) is 6.92 Å². The first kappa shape index (κ1) is 17.1. The Hall–Kier alpha value is -3.31. The Morgan fingerprint density at radius 3 is 2.52 bits per heavy atom. The second-order valence-corrected chi connectivity index (χ2v) is 6.54. The van der Waals surface area contributed by atoms with Crippen molar-refractivity contribution in [3.8, 4) is 11.5 Å². The maximum Gasteiger partial charge on any atom is 0.323 e. The summed E-state index contributed by atoms with van der Waals surface area (Å²) in [5, 5.41) is 6.07. The van der Waals surface area contributed by atoms with Gasteiger partial charge in [0.25, 0.3) is 0 Å². The molecule has 4 rings (SSSR count). The van der Waals surface area contributed by atoms with Crippen molar-refractivity contribution >= 4 is 40.1 Å². The van der Waals surface area contributed by atoms with Crippen molar-refractivity contribution in [2.24, 2.45) is 0 Å². The summed E-state index contributed by atoms with van der Waals surface area (Å²) in [5.74, 6) is 0.559. The minimum absolute atomic E-state index is 0.366. The lowest BCUT2D eigenvalue weighted by molar-refractivity contribution is 0.262. The normalized spacial score (nSPS) is 10.7. The van der Waals surface area contributed by atoms with Gasteiger partial charge in [-0.3, -0.25) is 0 Å². The van der Waals surface area contributed by atoms with E-state index in [9.17, 15) is 4.79 Å². The van der Waals surface area contributed by atoms with Crippen LogP contribution in [0.3, 0.4) is 0 Å². The molecule has 0 bridgehead atoms. The van der Waals surface area contributed by atoms with Crippen LogP contribution in [0.4, 0.5) is 16.2 Å². The first-order chi connectivity index (χ1) is 13.1. The van der Waals surface area contributed by atoms with Crippen LogP contribution in [0.5, 0.6) is 0 Å². The molecule has 2 N–H and O–H groups in total. The third-order valence-electron chi connectivity index (χ3n) is 4.10. The molecule has 0 fully saturated rings. The number of anilines is 2. The molecule has 3 aromatic carbocycles. The number of urea groups is 1. The fraction of sp³-hybridized carbons (Fsp3) is 0.0476. The third-order valence-corrected chi connectivity index (χ3v) is 4.34. The predicted molar refractivity (Wildman–Crippen MR) is 108 cm³/mol. The van der Waals surface area contributed by atoms with Crippen LogP contribution < -0.4 is 10.6 Å². The molecule has 6 heteroatoms. The summed E-state index contributed by atoms with van der Waals surface area (Å²) in [5.41, 5.74) is 4.59. The van der Waals surface area contributed by atoms with Crippen molar-refractivity contribution in [2.75, 3.05) is 10.6 Å². The number of hydrogen-bond donors (Lipinski definition) is 2. The summed E-state index contributed by atoms with van der Waals surface area (Å²) in [4.78, 5) is 16.7. The van der Waals surface area contributed by atoms with Crippen LogP contribution in [-0.2, 0) is 0 Å². The highest BCUT2D eigenvalue weighted by molar-refractivity contribution is 6.30. The molecule has 27 heavy (non-hydrogen) atoms. The van der Waals surface area contributed by atoms with E-state index < -0.39 is 0 Å². The molecule has 1 heterocycles. The van der Waals surface area contributed by atoms with E-state index in [2.05, 4.69) is 15.6 Å². The Balaban J connectivity index is 1.55. The molecule has 5 nitrogen and oxygen atoms in total. The van der Waals surface area contributed by atoms with E-state index in [0.29, 0.717) is 27.9 Å². The average Bonchev–Trinajstić information content (AvgIpc) is 3.05. The van der Waals surface area contributed by atoms with Crippen LogP contribution in [0.15, 0.2) is 71.1 Å². The Morgan fingerprint density at radius 1 is 0.963 bits per heavy atom. The van der Waals surface area contributed by atoms with Gasteiger partial charge in [-0.2, -0.15) is 0 Å². The number of halogens is 1. The molecule has 1 aromatic heterocycles. The molecule has 4 aromatic rings. The zero-order chi connectivity index (χ0) is 18.8. The zero-order valence-electron chi connectivity index (χ0n) is 14.5. The van der Waals surface area contributed by atoms with E-state index in [0.717, 1.165) is 16.6 Å². The van der Waals surface area contributed by atoms with Crippen molar-refractivity contribution in [2.45, 2.75) is 6.92 Å². The van der Waals surface area contributed by atoms with Gasteiger partial charge >= 0.3 is 6.03 Å². The number of carbonyl (C=O) groups is 1. The van der Waals surface area contributed by atoms with Gasteiger partial charge in [-0.1, -0.05) is 35.9 Å². The summed E-state index contributed by atoms with van der Waals surface area (Å²) < 4.78 is 5.89. The van der Waals surface area contributed by atoms with Crippen molar-refractivity contribution < 1.29 is 9.21 Å². The molecule has 0 saturated heterocycles. The van der Waals surface area contributed by atoms with Crippen LogP contribution in [0.2, 0.25) is 5.02 Å². The van der Waals surface area contributed by atoms with E-state index >= 15 is 0 Å². The number of hydrogen-bond acceptors (Lipinski definition) is 3. The molecule has 0 saturated carbocycles. The number of nitrogens with one attached hydrogen (secondary N) is 2. The molecule has 0 aliphatic carbocycles. The van der Waals surface area contributed by atoms with Crippen LogP contribution in [-0.4, -0.2) is 11.0 Å². The molecular formula is C21H16ClN3O2. The molecule has 0 radical (unpaired) electrons. The number of fused-ring (bicyclic) bond motifs is 1. The summed E-state index contributed by atoms with van der Waals surface area (Å²) in [6.45, 7) is 2.01. The topological polar surface area (TPSA) is 67.2 Å². The lowest BCUT2D eigenvalue weighted by Gasteiger charge is -2.07. The van der Waals surface area contributed by atoms with Crippen LogP contribution in [0.1, 0.15) is 5.56 Å². The smallest absolute Gasteiger partial charge is 0.323 e. The van der Waals surface area contributed by atoms with E-state index in [1.54, 1.807) is 36.4 Å². The lowest BCUT2D eigenvalue weighted by atomic mass is 10.1. The largest absolute Gasteiger partial charge is 0.436 e. The number of amides is 2. The van der Waals surface area contributed by atoms with Gasteiger partial charge < -0.3 is 15.1 Å². The highest BCUT2D eigenvalue weighted by Crippen LogP contribution is 2.28. The first-order valence-corrected chi connectivity index (χ1v) is 8.76. The second-order valence-electron chi connectivity index (χ2n) is 6.11. The van der Waals surface area contributed by atoms with Crippen molar-refractivity contribution in [1.29, 1.82) is 0 Å². The summed E-state index contributed by atoms with van der Waals surface area (Å²) in [6, 6.07) is 19.8. The molecule has 0 spiro atoms. The van der Waals surface area contributed by atoms with Gasteiger partial charge in [-0.25, -0.2) is 9.78 Å². The highest BCUT2D eigenvalue weighted by atomic mass is 35.5. The first-order valence-electron chi connectivity index (χ1n) is 8.39. The average molecular weight is 378 g/mol. The number of carbonyl (C=O) groups excluding carboxylic acids is 1. The monoisotopic (exact) mass is 377 g/mol. The number of aryl methyl sites for hydroxylation is 1. The molecule has 2 amide bonds. The maximum absolute atomic E-state index is 12.2. The Bertz CT molecular complexity index is 1140. The van der Waals surface area contributed by atoms with E-state index in [4.69, 9.17) is 16.0 Å². The van der Waals surface area contributed by atoms with E-state index in [1.165, 1.54) is 0 Å². The highest BCUT2D eigenvalue weighted by Gasteiger charge is 2.11. The minimum Gasteiger partial charge on any atom is -0.436 e. The van der Waals surface area contributed by atoms with Gasteiger partial charge in [0.15, 0.2) is 5.58 Å². The van der Waals surface area contributed by atoms with Gasteiger partial charge in [0.2, 0.25) is 5.89 Å². The number of oxazole rings is 1. The number of rotatable bonds is 3. The lowest BCUT2D eigenvalue weighted by Crippen LogP contribution is -2.19. The minimum atomic E-state index is -0.366. The van der Waals surface area contributed by atoms with E-state index in [-0.39, 0.29) is 6.03 Å². The van der Waals surface area contributed by atoms with Gasteiger partial charge in [-0.15, -0.1) is 0 Å². The van der Waals surface area contributed by atoms with Gasteiger partial charge in [-0.05, 0) is 48.9 Å². The quantitative estimate of drug-likeness (QED) is 0.453. The van der Waals surface area contributed by atoms with Crippen LogP contribution >= 0.6 is 11.6 Å². The van der Waals surface area contributed by atoms with E-state index in [1.807, 2.05) is 37.3 Å². The van der Waals surface area contributed by atoms with Gasteiger partial charge in [0, 0.05) is 28.0 Å². The Labute approximate surface area is 161 Å². The number of benzene rings is 3. The second kappa shape index (κ2) is 7.13. The number of nitrogens with zero attached hydrogens (tertiary/aromatic N) is 1. The molecule has 0 atom stereocenters. The predicted octanol–water partition coefficient (Wildman–Crippen LogP) is 6.10. The number of aromatic nitrogens is 1. The maximum atomic E-state index is 12.2. The van der Waals surface area contributed by atoms with Crippen molar-refractivity contribution in [3.05, 3.63) is 77.3 Å². The fourth-order valence-corrected chi connectivity index (χ4v) is 2.98. The zero-order valence-corrected chi connectivity index (χ0v) is 15.2. The summed E-state index contributed by atoms with van der Waals surface area (Å²) in [6.07, 6.45) is 0. The molecular weight excluding hydrogens is 362 g/mol. The standard InChI is InChI=1S/C21H16ClN3O2/c1-13-5-2-3-8-17(13)20-25-18-10-9-16(12-19(18)27-20)24-21(26)23-15-7-4-6-14(22)11-15/h2-12H,1H3,(H2,23,24,26). The third kappa shape index (κ3) is 3.78. The van der Waals surface area contributed by atoms with Gasteiger partial charge in [0.05, 0.1) is 0 Å². The van der Waals surface area contributed by atoms with Gasteiger partial charge in [0.1, 0.15) is 5.52 Å². The Morgan fingerprint density at radius 2 is 1.74 bits per heavy atom. The molecule has 0 aliphatic rings. The fourth-order valence-electron chi connectivity index (χ4n) is 2.79. The molecule has 0 unspecified atom stereocenters. The van der Waals surface area contributed by atoms with Crippen molar-refractivity contribution in [3.63, 3.8) is 0 Å².